The van der Waals surface area contributed by atoms with Crippen LogP contribution in [0.15, 0.2) is 42.6 Å². The Morgan fingerprint density at radius 1 is 1.19 bits per heavy atom. The molecule has 2 heterocycles. The van der Waals surface area contributed by atoms with Crippen LogP contribution in [-0.4, -0.2) is 27.7 Å². The van der Waals surface area contributed by atoms with E-state index in [1.165, 1.54) is 0 Å². The minimum Gasteiger partial charge on any atom is -0.495 e. The van der Waals surface area contributed by atoms with Gasteiger partial charge in [-0.05, 0) is 42.7 Å². The van der Waals surface area contributed by atoms with Gasteiger partial charge in [0.05, 0.1) is 18.8 Å². The van der Waals surface area contributed by atoms with Crippen LogP contribution in [0.25, 0.3) is 5.65 Å². The van der Waals surface area contributed by atoms with Crippen LogP contribution in [0, 0.1) is 12.8 Å². The number of aryl methyl sites for hydroxylation is 1. The second-order valence-electron chi connectivity index (χ2n) is 6.51. The number of pyridine rings is 1. The van der Waals surface area contributed by atoms with Gasteiger partial charge in [0.1, 0.15) is 5.75 Å². The summed E-state index contributed by atoms with van der Waals surface area (Å²) in [5, 5.41) is 14.3. The van der Waals surface area contributed by atoms with E-state index in [9.17, 15) is 4.79 Å². The van der Waals surface area contributed by atoms with Crippen molar-refractivity contribution in [3.05, 3.63) is 54.0 Å². The number of hydrogen-bond acceptors (Lipinski definition) is 4. The molecule has 0 saturated carbocycles. The van der Waals surface area contributed by atoms with Crippen LogP contribution in [-0.2, 0) is 0 Å². The molecular formula is C19H23N5O2. The zero-order valence-electron chi connectivity index (χ0n) is 15.4. The van der Waals surface area contributed by atoms with Crippen LogP contribution in [0.5, 0.6) is 5.75 Å². The van der Waals surface area contributed by atoms with Crippen molar-refractivity contribution in [2.75, 3.05) is 12.4 Å². The number of rotatable bonds is 5. The van der Waals surface area contributed by atoms with E-state index in [-0.39, 0.29) is 18.0 Å². The molecule has 7 heteroatoms. The molecule has 0 bridgehead atoms. The third-order valence-electron chi connectivity index (χ3n) is 4.17. The average molecular weight is 353 g/mol. The van der Waals surface area contributed by atoms with E-state index in [0.717, 1.165) is 11.2 Å². The van der Waals surface area contributed by atoms with E-state index in [2.05, 4.69) is 20.8 Å². The first-order valence-electron chi connectivity index (χ1n) is 8.51. The van der Waals surface area contributed by atoms with Crippen molar-refractivity contribution in [1.82, 2.24) is 19.9 Å². The maximum Gasteiger partial charge on any atom is 0.319 e. The number of hydrogen-bond donors (Lipinski definition) is 2. The zero-order chi connectivity index (χ0) is 18.7. The summed E-state index contributed by atoms with van der Waals surface area (Å²) in [6.45, 7) is 6.02. The summed E-state index contributed by atoms with van der Waals surface area (Å²) in [6.07, 6.45) is 1.89. The van der Waals surface area contributed by atoms with Crippen molar-refractivity contribution in [2.45, 2.75) is 26.8 Å². The van der Waals surface area contributed by atoms with Crippen LogP contribution < -0.4 is 15.4 Å². The molecule has 26 heavy (non-hydrogen) atoms. The Hall–Kier alpha value is -3.09. The maximum absolute atomic E-state index is 12.6. The molecule has 1 atom stereocenters. The van der Waals surface area contributed by atoms with E-state index >= 15 is 0 Å². The number of methoxy groups -OCH3 is 1. The van der Waals surface area contributed by atoms with Gasteiger partial charge in [-0.25, -0.2) is 4.79 Å². The highest BCUT2D eigenvalue weighted by atomic mass is 16.5. The molecule has 7 nitrogen and oxygen atoms in total. The minimum absolute atomic E-state index is 0.132. The van der Waals surface area contributed by atoms with Gasteiger partial charge in [-0.15, -0.1) is 10.2 Å². The van der Waals surface area contributed by atoms with Gasteiger partial charge in [-0.3, -0.25) is 4.40 Å². The van der Waals surface area contributed by atoms with Crippen LogP contribution in [0.1, 0.15) is 31.3 Å². The molecule has 2 aromatic heterocycles. The molecule has 0 radical (unpaired) electrons. The fourth-order valence-corrected chi connectivity index (χ4v) is 2.82. The molecule has 136 valence electrons. The predicted octanol–water partition coefficient (Wildman–Crippen LogP) is 3.57. The first-order valence-corrected chi connectivity index (χ1v) is 8.51. The smallest absolute Gasteiger partial charge is 0.319 e. The standard InChI is InChI=1S/C19H23N5O2/c1-12(2)17(18-23-22-16-7-5-6-10-24(16)18)21-19(25)20-14-11-13(3)8-9-15(14)26-4/h5-12,17H,1-4H3,(H2,20,21,25). The Balaban J connectivity index is 1.83. The lowest BCUT2D eigenvalue weighted by Crippen LogP contribution is -2.36. The molecule has 0 aliphatic heterocycles. The van der Waals surface area contributed by atoms with E-state index in [1.54, 1.807) is 7.11 Å². The summed E-state index contributed by atoms with van der Waals surface area (Å²) in [5.41, 5.74) is 2.40. The molecule has 3 aromatic rings. The van der Waals surface area contributed by atoms with E-state index in [4.69, 9.17) is 4.74 Å². The van der Waals surface area contributed by atoms with Crippen LogP contribution in [0.2, 0.25) is 0 Å². The lowest BCUT2D eigenvalue weighted by molar-refractivity contribution is 0.243. The largest absolute Gasteiger partial charge is 0.495 e. The van der Waals surface area contributed by atoms with Crippen molar-refractivity contribution < 1.29 is 9.53 Å². The maximum atomic E-state index is 12.6. The first kappa shape index (κ1) is 17.7. The number of nitrogens with zero attached hydrogens (tertiary/aromatic N) is 3. The molecule has 0 saturated heterocycles. The number of urea groups is 1. The molecule has 1 unspecified atom stereocenters. The highest BCUT2D eigenvalue weighted by molar-refractivity contribution is 5.91. The third-order valence-corrected chi connectivity index (χ3v) is 4.17. The first-order chi connectivity index (χ1) is 12.5. The van der Waals surface area contributed by atoms with Gasteiger partial charge >= 0.3 is 6.03 Å². The average Bonchev–Trinajstić information content (AvgIpc) is 3.03. The topological polar surface area (TPSA) is 80.5 Å². The van der Waals surface area contributed by atoms with E-state index < -0.39 is 0 Å². The number of anilines is 1. The predicted molar refractivity (Wildman–Crippen MR) is 100 cm³/mol. The molecule has 3 rings (SSSR count). The summed E-state index contributed by atoms with van der Waals surface area (Å²) in [6, 6.07) is 10.7. The van der Waals surface area contributed by atoms with Crippen molar-refractivity contribution in [2.24, 2.45) is 5.92 Å². The Bertz CT molecular complexity index is 919. The number of benzene rings is 1. The molecule has 0 aliphatic carbocycles. The van der Waals surface area contributed by atoms with Gasteiger partial charge in [0, 0.05) is 6.20 Å². The second-order valence-corrected chi connectivity index (χ2v) is 6.51. The van der Waals surface area contributed by atoms with Gasteiger partial charge in [-0.2, -0.15) is 0 Å². The number of fused-ring (bicyclic) bond motifs is 1. The van der Waals surface area contributed by atoms with E-state index in [0.29, 0.717) is 17.3 Å². The van der Waals surface area contributed by atoms with Gasteiger partial charge in [-0.1, -0.05) is 26.0 Å². The normalized spacial score (nSPS) is 12.2. The molecule has 2 N–H and O–H groups in total. The monoisotopic (exact) mass is 353 g/mol. The Morgan fingerprint density at radius 2 is 2.00 bits per heavy atom. The van der Waals surface area contributed by atoms with Crippen molar-refractivity contribution in [1.29, 1.82) is 0 Å². The minimum atomic E-state index is -0.319. The van der Waals surface area contributed by atoms with Crippen LogP contribution in [0.3, 0.4) is 0 Å². The summed E-state index contributed by atoms with van der Waals surface area (Å²) < 4.78 is 7.20. The fraction of sp³-hybridized carbons (Fsp3) is 0.316. The van der Waals surface area contributed by atoms with Crippen molar-refractivity contribution in [3.63, 3.8) is 0 Å². The number of ether oxygens (including phenoxy) is 1. The zero-order valence-corrected chi connectivity index (χ0v) is 15.4. The molecule has 1 aromatic carbocycles. The summed E-state index contributed by atoms with van der Waals surface area (Å²) in [4.78, 5) is 12.6. The van der Waals surface area contributed by atoms with Crippen LogP contribution in [0.4, 0.5) is 10.5 Å². The molecule has 0 aliphatic rings. The summed E-state index contributed by atoms with van der Waals surface area (Å²) in [5.74, 6) is 1.44. The summed E-state index contributed by atoms with van der Waals surface area (Å²) in [7, 11) is 1.58. The SMILES string of the molecule is COc1ccc(C)cc1NC(=O)NC(c1nnc2ccccn12)C(C)C. The van der Waals surface area contributed by atoms with Crippen molar-refractivity contribution in [3.8, 4) is 5.75 Å². The molecular weight excluding hydrogens is 330 g/mol. The van der Waals surface area contributed by atoms with E-state index in [1.807, 2.05) is 67.8 Å². The molecule has 0 spiro atoms. The van der Waals surface area contributed by atoms with Crippen molar-refractivity contribution >= 4 is 17.4 Å². The second kappa shape index (κ2) is 7.43. The van der Waals surface area contributed by atoms with Gasteiger partial charge in [0.15, 0.2) is 11.5 Å². The Labute approximate surface area is 152 Å². The fourth-order valence-electron chi connectivity index (χ4n) is 2.82. The Kier molecular flexibility index (Phi) is 5.06. The van der Waals surface area contributed by atoms with Gasteiger partial charge in [0.25, 0.3) is 0 Å². The highest BCUT2D eigenvalue weighted by Crippen LogP contribution is 2.26. The quantitative estimate of drug-likeness (QED) is 0.735. The number of amides is 2. The third kappa shape index (κ3) is 3.61. The highest BCUT2D eigenvalue weighted by Gasteiger charge is 2.24. The molecule has 2 amide bonds. The van der Waals surface area contributed by atoms with Gasteiger partial charge < -0.3 is 15.4 Å². The van der Waals surface area contributed by atoms with Crippen LogP contribution >= 0.6 is 0 Å². The Morgan fingerprint density at radius 3 is 2.73 bits per heavy atom. The number of nitrogens with one attached hydrogen (secondary N) is 2. The summed E-state index contributed by atoms with van der Waals surface area (Å²) >= 11 is 0. The van der Waals surface area contributed by atoms with Gasteiger partial charge in [0.2, 0.25) is 0 Å². The number of carbonyl (C=O) groups is 1. The number of carbonyl (C=O) groups excluding carboxylic acids is 1. The lowest BCUT2D eigenvalue weighted by atomic mass is 10.0. The molecule has 0 fully saturated rings. The lowest BCUT2D eigenvalue weighted by Gasteiger charge is -2.21. The number of aromatic nitrogens is 3.